The summed E-state index contributed by atoms with van der Waals surface area (Å²) < 4.78 is 23.0. The summed E-state index contributed by atoms with van der Waals surface area (Å²) in [6.45, 7) is 7.63. The van der Waals surface area contributed by atoms with Crippen LogP contribution in [0, 0.1) is 13.8 Å². The quantitative estimate of drug-likeness (QED) is 0.162. The molecule has 6 N–H and O–H groups in total. The van der Waals surface area contributed by atoms with Crippen molar-refractivity contribution in [1.82, 2.24) is 4.90 Å². The molecule has 2 aliphatic heterocycles. The molecule has 2 saturated heterocycles. The first-order valence-electron chi connectivity index (χ1n) is 13.9. The summed E-state index contributed by atoms with van der Waals surface area (Å²) in [7, 11) is 4.01. The molecule has 44 heavy (non-hydrogen) atoms. The van der Waals surface area contributed by atoms with Gasteiger partial charge in [0.2, 0.25) is 11.6 Å². The van der Waals surface area contributed by atoms with Crippen molar-refractivity contribution >= 4 is 24.0 Å². The normalized spacial score (nSPS) is 23.8. The Hall–Kier alpha value is -3.01. The zero-order chi connectivity index (χ0) is 32.0. The van der Waals surface area contributed by atoms with Crippen LogP contribution in [-0.2, 0) is 18.9 Å². The number of aryl methyl sites for hydroxylation is 2. The number of fused-ring (bicyclic) bond motifs is 3. The third kappa shape index (κ3) is 6.65. The highest BCUT2D eigenvalue weighted by Gasteiger charge is 2.57. The van der Waals surface area contributed by atoms with E-state index in [4.69, 9.17) is 24.1 Å². The molecule has 2 heterocycles. The van der Waals surface area contributed by atoms with E-state index in [0.717, 1.165) is 25.1 Å². The van der Waals surface area contributed by atoms with Crippen LogP contribution in [0.1, 0.15) is 63.2 Å². The molecule has 5 unspecified atom stereocenters. The van der Waals surface area contributed by atoms with Crippen molar-refractivity contribution in [2.75, 3.05) is 33.9 Å². The maximum Gasteiger partial charge on any atom is 0.202 e. The monoisotopic (exact) mass is 641 g/mol. The van der Waals surface area contributed by atoms with Crippen LogP contribution >= 0.6 is 12.4 Å². The van der Waals surface area contributed by atoms with Gasteiger partial charge < -0.3 is 54.5 Å². The molecule has 0 saturated carbocycles. The van der Waals surface area contributed by atoms with Gasteiger partial charge in [-0.25, -0.2) is 0 Å². The zero-order valence-corrected chi connectivity index (χ0v) is 26.2. The van der Waals surface area contributed by atoms with Crippen molar-refractivity contribution in [1.29, 1.82) is 0 Å². The number of rotatable bonds is 7. The fourth-order valence-corrected chi connectivity index (χ4v) is 5.44. The highest BCUT2D eigenvalue weighted by atomic mass is 35.5. The van der Waals surface area contributed by atoms with Crippen molar-refractivity contribution in [3.63, 3.8) is 0 Å². The number of nitrogens with zero attached hydrogens (tertiary/aromatic N) is 1. The molecule has 0 aromatic heterocycles. The summed E-state index contributed by atoms with van der Waals surface area (Å²) in [6.07, 6.45) is -2.17. The number of aliphatic hydroxyl groups is 2. The summed E-state index contributed by atoms with van der Waals surface area (Å²) in [5, 5.41) is 59.1. The third-order valence-electron chi connectivity index (χ3n) is 7.50. The van der Waals surface area contributed by atoms with Crippen molar-refractivity contribution in [2.24, 2.45) is 0 Å². The lowest BCUT2D eigenvalue weighted by atomic mass is 9.80. The molecule has 0 spiro atoms. The number of hydrogen-bond acceptors (Lipinski definition) is 13. The Morgan fingerprint density at radius 2 is 1.41 bits per heavy atom. The van der Waals surface area contributed by atoms with Gasteiger partial charge in [-0.3, -0.25) is 9.59 Å². The summed E-state index contributed by atoms with van der Waals surface area (Å²) in [5.74, 6) is -4.17. The van der Waals surface area contributed by atoms with Crippen LogP contribution in [0.2, 0.25) is 0 Å². The SMILES string of the molecule is CN(C)CCCOC1C(C(O)CO)OC2OC(C)(C)OC21.Cc1cc(O)c2c(c1O)C(=O)c1c(O)cc(C)c(O)c1C2=O.Cl. The lowest BCUT2D eigenvalue weighted by Gasteiger charge is -2.28. The van der Waals surface area contributed by atoms with Gasteiger partial charge in [-0.1, -0.05) is 0 Å². The van der Waals surface area contributed by atoms with E-state index >= 15 is 0 Å². The van der Waals surface area contributed by atoms with Gasteiger partial charge in [0.25, 0.3) is 0 Å². The second kappa shape index (κ2) is 13.5. The highest BCUT2D eigenvalue weighted by Crippen LogP contribution is 2.45. The van der Waals surface area contributed by atoms with Gasteiger partial charge in [-0.2, -0.15) is 0 Å². The summed E-state index contributed by atoms with van der Waals surface area (Å²) >= 11 is 0. The molecule has 0 amide bonds. The maximum absolute atomic E-state index is 12.6. The minimum Gasteiger partial charge on any atom is -0.507 e. The van der Waals surface area contributed by atoms with Crippen molar-refractivity contribution in [3.8, 4) is 23.0 Å². The average molecular weight is 642 g/mol. The minimum absolute atomic E-state index is 0. The van der Waals surface area contributed by atoms with E-state index in [1.54, 1.807) is 0 Å². The van der Waals surface area contributed by atoms with Crippen LogP contribution in [-0.4, -0.2) is 117 Å². The fourth-order valence-electron chi connectivity index (χ4n) is 5.44. The number of ether oxygens (including phenoxy) is 4. The topological polar surface area (TPSA) is 196 Å². The summed E-state index contributed by atoms with van der Waals surface area (Å²) in [5.41, 5.74) is -1.04. The molecule has 0 bridgehead atoms. The van der Waals surface area contributed by atoms with Crippen molar-refractivity contribution in [3.05, 3.63) is 45.5 Å². The van der Waals surface area contributed by atoms with E-state index in [0.29, 0.717) is 6.61 Å². The van der Waals surface area contributed by atoms with E-state index in [1.165, 1.54) is 13.8 Å². The fraction of sp³-hybridized carbons (Fsp3) is 0.533. The Kier molecular flexibility index (Phi) is 10.9. The lowest BCUT2D eigenvalue weighted by Crippen LogP contribution is -2.44. The molecule has 244 valence electrons. The highest BCUT2D eigenvalue weighted by molar-refractivity contribution is 6.32. The second-order valence-electron chi connectivity index (χ2n) is 11.6. The van der Waals surface area contributed by atoms with E-state index in [1.807, 2.05) is 27.9 Å². The first-order valence-corrected chi connectivity index (χ1v) is 13.9. The molecule has 2 aromatic carbocycles. The number of carbonyl (C=O) groups is 2. The van der Waals surface area contributed by atoms with Crippen LogP contribution in [0.3, 0.4) is 0 Å². The lowest BCUT2D eigenvalue weighted by molar-refractivity contribution is -0.231. The molecule has 2 fully saturated rings. The third-order valence-corrected chi connectivity index (χ3v) is 7.50. The number of benzene rings is 2. The van der Waals surface area contributed by atoms with Crippen LogP contribution in [0.4, 0.5) is 0 Å². The number of carbonyl (C=O) groups excluding carboxylic acids is 2. The smallest absolute Gasteiger partial charge is 0.202 e. The molecule has 3 aliphatic rings. The van der Waals surface area contributed by atoms with Gasteiger partial charge in [0.1, 0.15) is 47.4 Å². The van der Waals surface area contributed by atoms with Crippen molar-refractivity contribution < 1.29 is 59.2 Å². The predicted octanol–water partition coefficient (Wildman–Crippen LogP) is 1.88. The molecule has 13 nitrogen and oxygen atoms in total. The van der Waals surface area contributed by atoms with Crippen LogP contribution < -0.4 is 0 Å². The number of aliphatic hydroxyl groups excluding tert-OH is 2. The minimum atomic E-state index is -1.01. The van der Waals surface area contributed by atoms with Crippen LogP contribution in [0.15, 0.2) is 12.1 Å². The number of phenolic OH excluding ortho intramolecular Hbond substituents is 4. The largest absolute Gasteiger partial charge is 0.507 e. The van der Waals surface area contributed by atoms with E-state index in [2.05, 4.69) is 4.90 Å². The molecular weight excluding hydrogens is 602 g/mol. The molecular formula is C30H40ClNO12. The van der Waals surface area contributed by atoms with Gasteiger partial charge in [0.05, 0.1) is 28.9 Å². The Morgan fingerprint density at radius 1 is 0.909 bits per heavy atom. The Bertz CT molecular complexity index is 1340. The second-order valence-corrected chi connectivity index (χ2v) is 11.6. The van der Waals surface area contributed by atoms with Gasteiger partial charge in [0, 0.05) is 6.61 Å². The van der Waals surface area contributed by atoms with E-state index in [-0.39, 0.29) is 58.5 Å². The summed E-state index contributed by atoms with van der Waals surface area (Å²) in [4.78, 5) is 27.2. The van der Waals surface area contributed by atoms with Gasteiger partial charge in [-0.15, -0.1) is 12.4 Å². The molecule has 2 aromatic rings. The van der Waals surface area contributed by atoms with E-state index in [9.17, 15) is 35.1 Å². The number of aromatic hydroxyl groups is 4. The Balaban J connectivity index is 0.000000235. The number of phenols is 4. The van der Waals surface area contributed by atoms with Gasteiger partial charge in [-0.05, 0) is 78.0 Å². The molecule has 1 aliphatic carbocycles. The van der Waals surface area contributed by atoms with Crippen LogP contribution in [0.25, 0.3) is 0 Å². The number of ketones is 2. The van der Waals surface area contributed by atoms with Crippen molar-refractivity contribution in [2.45, 2.75) is 70.6 Å². The molecule has 14 heteroatoms. The number of halogens is 1. The Morgan fingerprint density at radius 3 is 1.86 bits per heavy atom. The number of hydrogen-bond donors (Lipinski definition) is 6. The maximum atomic E-state index is 12.6. The van der Waals surface area contributed by atoms with Crippen LogP contribution in [0.5, 0.6) is 23.0 Å². The van der Waals surface area contributed by atoms with E-state index < -0.39 is 65.0 Å². The average Bonchev–Trinajstić information content (AvgIpc) is 3.40. The first kappa shape index (κ1) is 35.5. The molecule has 5 atom stereocenters. The molecule has 5 rings (SSSR count). The first-order chi connectivity index (χ1) is 20.1. The zero-order valence-electron chi connectivity index (χ0n) is 25.4. The van der Waals surface area contributed by atoms with Gasteiger partial charge in [0.15, 0.2) is 12.1 Å². The predicted molar refractivity (Wildman–Crippen MR) is 158 cm³/mol. The Labute approximate surface area is 261 Å². The summed E-state index contributed by atoms with van der Waals surface area (Å²) in [6, 6.07) is 2.33. The van der Waals surface area contributed by atoms with Gasteiger partial charge >= 0.3 is 0 Å². The standard InChI is InChI=1S/C16H12O6.C14H27NO6.ClH/c1-5-3-7(17)9-11(13(5)19)15(21)10-8(18)4-6(2)14(20)12(10)16(9)22;1-14(2)20-12-11(18-7-5-6-15(3)4)10(9(17)8-16)19-13(12)21-14;/h3-4,17-20H,1-2H3;9-13,16-17H,5-8H2,1-4H3;1H. The molecule has 0 radical (unpaired) electrons.